The van der Waals surface area contributed by atoms with Gasteiger partial charge >= 0.3 is 0 Å². The van der Waals surface area contributed by atoms with Gasteiger partial charge in [-0.25, -0.2) is 4.98 Å². The number of carbonyl (C=O) groups is 1. The topological polar surface area (TPSA) is 67.9 Å². The number of benzene rings is 1. The minimum absolute atomic E-state index is 0.303. The third-order valence-corrected chi connectivity index (χ3v) is 3.33. The molecular weight excluding hydrogens is 266 g/mol. The summed E-state index contributed by atoms with van der Waals surface area (Å²) in [5.41, 5.74) is 2.20. The maximum atomic E-state index is 11.0. The monoisotopic (exact) mass is 277 g/mol. The van der Waals surface area contributed by atoms with Gasteiger partial charge in [0.15, 0.2) is 6.29 Å². The summed E-state index contributed by atoms with van der Waals surface area (Å²) in [4.78, 5) is 15.3. The summed E-state index contributed by atoms with van der Waals surface area (Å²) in [5.74, 6) is 0.768. The highest BCUT2D eigenvalue weighted by atomic mass is 16.5. The molecule has 5 heteroatoms. The van der Waals surface area contributed by atoms with Crippen molar-refractivity contribution in [1.29, 1.82) is 5.26 Å². The summed E-state index contributed by atoms with van der Waals surface area (Å²) in [6, 6.07) is 11.4. The predicted molar refractivity (Wildman–Crippen MR) is 77.7 cm³/mol. The molecule has 1 aromatic carbocycles. The number of aldehydes is 1. The average molecular weight is 277 g/mol. The standard InChI is InChI=1S/C16H11N3O2/c1-21-13-4-2-12(3-5-13)19-7-6-14-15(8-17)11(10-20)9-18-16(14)19/h2-7,9-10H,1H3. The molecule has 0 aliphatic rings. The number of pyridine rings is 1. The average Bonchev–Trinajstić information content (AvgIpc) is 2.97. The van der Waals surface area contributed by atoms with E-state index in [-0.39, 0.29) is 0 Å². The largest absolute Gasteiger partial charge is 0.497 e. The number of carbonyl (C=O) groups excluding carboxylic acids is 1. The number of nitriles is 1. The fourth-order valence-electron chi connectivity index (χ4n) is 2.27. The van der Waals surface area contributed by atoms with Crippen LogP contribution in [0, 0.1) is 11.3 Å². The van der Waals surface area contributed by atoms with Crippen LogP contribution < -0.4 is 4.74 Å². The van der Waals surface area contributed by atoms with E-state index in [0.717, 1.165) is 11.4 Å². The number of aromatic nitrogens is 2. The van der Waals surface area contributed by atoms with E-state index in [1.165, 1.54) is 6.20 Å². The van der Waals surface area contributed by atoms with Crippen LogP contribution in [0.5, 0.6) is 5.75 Å². The molecule has 0 saturated heterocycles. The number of methoxy groups -OCH3 is 1. The first-order valence-electron chi connectivity index (χ1n) is 6.28. The van der Waals surface area contributed by atoms with Crippen LogP contribution in [-0.4, -0.2) is 22.9 Å². The summed E-state index contributed by atoms with van der Waals surface area (Å²) in [6.07, 6.45) is 3.90. The number of ether oxygens (including phenoxy) is 1. The van der Waals surface area contributed by atoms with E-state index < -0.39 is 0 Å². The molecule has 0 aliphatic carbocycles. The van der Waals surface area contributed by atoms with Gasteiger partial charge in [-0.15, -0.1) is 0 Å². The first kappa shape index (κ1) is 12.9. The van der Waals surface area contributed by atoms with Crippen molar-refractivity contribution in [3.63, 3.8) is 0 Å². The Hall–Kier alpha value is -3.13. The lowest BCUT2D eigenvalue weighted by Gasteiger charge is -2.06. The number of hydrogen-bond acceptors (Lipinski definition) is 4. The summed E-state index contributed by atoms with van der Waals surface area (Å²) in [7, 11) is 1.61. The Morgan fingerprint density at radius 3 is 2.67 bits per heavy atom. The highest BCUT2D eigenvalue weighted by Crippen LogP contribution is 2.24. The van der Waals surface area contributed by atoms with Crippen LogP contribution in [0.2, 0.25) is 0 Å². The highest BCUT2D eigenvalue weighted by molar-refractivity contribution is 5.92. The lowest BCUT2D eigenvalue weighted by Crippen LogP contribution is -1.97. The Morgan fingerprint density at radius 1 is 1.29 bits per heavy atom. The molecule has 5 nitrogen and oxygen atoms in total. The zero-order chi connectivity index (χ0) is 14.8. The minimum Gasteiger partial charge on any atom is -0.497 e. The Kier molecular flexibility index (Phi) is 3.13. The second-order valence-corrected chi connectivity index (χ2v) is 4.44. The van der Waals surface area contributed by atoms with E-state index in [1.54, 1.807) is 13.2 Å². The van der Waals surface area contributed by atoms with Gasteiger partial charge in [-0.2, -0.15) is 5.26 Å². The first-order valence-corrected chi connectivity index (χ1v) is 6.28. The fraction of sp³-hybridized carbons (Fsp3) is 0.0625. The quantitative estimate of drug-likeness (QED) is 0.690. The Bertz CT molecular complexity index is 858. The van der Waals surface area contributed by atoms with Crippen LogP contribution >= 0.6 is 0 Å². The highest BCUT2D eigenvalue weighted by Gasteiger charge is 2.12. The molecule has 102 valence electrons. The number of nitrogens with zero attached hydrogens (tertiary/aromatic N) is 3. The van der Waals surface area contributed by atoms with E-state index in [1.807, 2.05) is 35.0 Å². The van der Waals surface area contributed by atoms with Gasteiger partial charge in [-0.1, -0.05) is 0 Å². The Labute approximate surface area is 121 Å². The second-order valence-electron chi connectivity index (χ2n) is 4.44. The molecule has 0 aliphatic heterocycles. The maximum absolute atomic E-state index is 11.0. The van der Waals surface area contributed by atoms with Crippen LogP contribution in [0.4, 0.5) is 0 Å². The van der Waals surface area contributed by atoms with Gasteiger partial charge in [0, 0.05) is 23.5 Å². The Morgan fingerprint density at radius 2 is 2.05 bits per heavy atom. The summed E-state index contributed by atoms with van der Waals surface area (Å²) in [6.45, 7) is 0. The van der Waals surface area contributed by atoms with Crippen molar-refractivity contribution >= 4 is 17.3 Å². The van der Waals surface area contributed by atoms with Crippen molar-refractivity contribution in [2.45, 2.75) is 0 Å². The van der Waals surface area contributed by atoms with E-state index in [9.17, 15) is 10.1 Å². The van der Waals surface area contributed by atoms with Crippen molar-refractivity contribution < 1.29 is 9.53 Å². The molecule has 3 rings (SSSR count). The van der Waals surface area contributed by atoms with Gasteiger partial charge < -0.3 is 9.30 Å². The molecule has 2 aromatic heterocycles. The van der Waals surface area contributed by atoms with Gasteiger partial charge in [0.1, 0.15) is 17.5 Å². The van der Waals surface area contributed by atoms with Crippen molar-refractivity contribution in [2.75, 3.05) is 7.11 Å². The molecule has 21 heavy (non-hydrogen) atoms. The van der Waals surface area contributed by atoms with Crippen LogP contribution in [0.3, 0.4) is 0 Å². The van der Waals surface area contributed by atoms with Crippen LogP contribution in [-0.2, 0) is 0 Å². The molecule has 0 N–H and O–H groups in total. The van der Waals surface area contributed by atoms with Crippen LogP contribution in [0.15, 0.2) is 42.7 Å². The summed E-state index contributed by atoms with van der Waals surface area (Å²) >= 11 is 0. The lowest BCUT2D eigenvalue weighted by molar-refractivity contribution is 0.112. The zero-order valence-corrected chi connectivity index (χ0v) is 11.3. The second kappa shape index (κ2) is 5.10. The normalized spacial score (nSPS) is 10.3. The first-order chi connectivity index (χ1) is 10.3. The lowest BCUT2D eigenvalue weighted by atomic mass is 10.1. The molecule has 0 bridgehead atoms. The molecule has 0 atom stereocenters. The van der Waals surface area contributed by atoms with Crippen LogP contribution in [0.1, 0.15) is 15.9 Å². The number of hydrogen-bond donors (Lipinski definition) is 0. The SMILES string of the molecule is COc1ccc(-n2ccc3c(C#N)c(C=O)cnc32)cc1. The molecule has 2 heterocycles. The molecule has 0 spiro atoms. The van der Waals surface area contributed by atoms with E-state index >= 15 is 0 Å². The number of rotatable bonds is 3. The Balaban J connectivity index is 2.20. The van der Waals surface area contributed by atoms with E-state index in [2.05, 4.69) is 11.1 Å². The third-order valence-electron chi connectivity index (χ3n) is 3.33. The molecule has 0 saturated carbocycles. The van der Waals surface area contributed by atoms with E-state index in [0.29, 0.717) is 28.4 Å². The van der Waals surface area contributed by atoms with Gasteiger partial charge in [-0.05, 0) is 30.3 Å². The van der Waals surface area contributed by atoms with Crippen molar-refractivity contribution in [2.24, 2.45) is 0 Å². The van der Waals surface area contributed by atoms with Crippen molar-refractivity contribution in [1.82, 2.24) is 9.55 Å². The molecule has 0 unspecified atom stereocenters. The third kappa shape index (κ3) is 2.03. The van der Waals surface area contributed by atoms with E-state index in [4.69, 9.17) is 4.74 Å². The fourth-order valence-corrected chi connectivity index (χ4v) is 2.27. The molecule has 0 fully saturated rings. The molecular formula is C16H11N3O2. The maximum Gasteiger partial charge on any atom is 0.152 e. The van der Waals surface area contributed by atoms with Crippen molar-refractivity contribution in [3.8, 4) is 17.5 Å². The van der Waals surface area contributed by atoms with Gasteiger partial charge in [-0.3, -0.25) is 4.79 Å². The zero-order valence-electron chi connectivity index (χ0n) is 11.3. The summed E-state index contributed by atoms with van der Waals surface area (Å²) in [5, 5.41) is 9.90. The van der Waals surface area contributed by atoms with Gasteiger partial charge in [0.05, 0.1) is 18.2 Å². The van der Waals surface area contributed by atoms with Gasteiger partial charge in [0.25, 0.3) is 0 Å². The number of fused-ring (bicyclic) bond motifs is 1. The predicted octanol–water partition coefficient (Wildman–Crippen LogP) is 2.72. The smallest absolute Gasteiger partial charge is 0.152 e. The van der Waals surface area contributed by atoms with Gasteiger partial charge in [0.2, 0.25) is 0 Å². The minimum atomic E-state index is 0.303. The molecule has 0 amide bonds. The summed E-state index contributed by atoms with van der Waals surface area (Å²) < 4.78 is 7.00. The molecule has 0 radical (unpaired) electrons. The molecule has 3 aromatic rings. The van der Waals surface area contributed by atoms with Crippen LogP contribution in [0.25, 0.3) is 16.7 Å². The van der Waals surface area contributed by atoms with Crippen molar-refractivity contribution in [3.05, 3.63) is 53.9 Å².